The van der Waals surface area contributed by atoms with Crippen molar-refractivity contribution in [3.05, 3.63) is 51.7 Å². The number of carboxylic acids is 1. The number of nitrogens with one attached hydrogen (secondary N) is 1. The first-order valence-electron chi connectivity index (χ1n) is 7.73. The topological polar surface area (TPSA) is 79.3 Å². The normalized spacial score (nSPS) is 11.9. The standard InChI is InChI=1S/C17H19FN2O3S/c1-2-3-8-13(17(22)23)20-16(21)14-10-19-15(24-14)9-11-6-4-5-7-12(11)18/h4-7,10,13H,2-3,8-9H2,1H3,(H,20,21)(H,22,23)/t13-/m0/s1. The molecule has 0 aliphatic rings. The van der Waals surface area contributed by atoms with E-state index in [1.165, 1.54) is 12.3 Å². The van der Waals surface area contributed by atoms with E-state index in [9.17, 15) is 14.0 Å². The van der Waals surface area contributed by atoms with Crippen molar-refractivity contribution in [2.75, 3.05) is 0 Å². The summed E-state index contributed by atoms with van der Waals surface area (Å²) in [6, 6.07) is 5.49. The Morgan fingerprint density at radius 1 is 1.38 bits per heavy atom. The van der Waals surface area contributed by atoms with Crippen LogP contribution in [-0.4, -0.2) is 28.0 Å². The molecule has 0 aliphatic heterocycles. The van der Waals surface area contributed by atoms with E-state index in [4.69, 9.17) is 5.11 Å². The van der Waals surface area contributed by atoms with Crippen LogP contribution in [-0.2, 0) is 11.2 Å². The molecule has 0 unspecified atom stereocenters. The number of carbonyl (C=O) groups is 2. The lowest BCUT2D eigenvalue weighted by atomic mass is 10.1. The van der Waals surface area contributed by atoms with Crippen LogP contribution in [0.5, 0.6) is 0 Å². The molecule has 1 amide bonds. The molecule has 2 rings (SSSR count). The maximum absolute atomic E-state index is 13.7. The van der Waals surface area contributed by atoms with Crippen molar-refractivity contribution >= 4 is 23.2 Å². The number of rotatable bonds is 8. The van der Waals surface area contributed by atoms with Gasteiger partial charge in [-0.15, -0.1) is 11.3 Å². The van der Waals surface area contributed by atoms with Crippen LogP contribution in [0.1, 0.15) is 46.4 Å². The Morgan fingerprint density at radius 2 is 2.12 bits per heavy atom. The minimum atomic E-state index is -1.05. The molecule has 2 N–H and O–H groups in total. The molecule has 5 nitrogen and oxygen atoms in total. The summed E-state index contributed by atoms with van der Waals surface area (Å²) in [5.41, 5.74) is 0.505. The third kappa shape index (κ3) is 4.86. The van der Waals surface area contributed by atoms with Crippen LogP contribution in [0.15, 0.2) is 30.5 Å². The van der Waals surface area contributed by atoms with E-state index in [-0.39, 0.29) is 5.82 Å². The molecule has 1 aromatic heterocycles. The SMILES string of the molecule is CCCC[C@H](NC(=O)c1cnc(Cc2ccccc2F)s1)C(=O)O. The average Bonchev–Trinajstić information content (AvgIpc) is 3.02. The summed E-state index contributed by atoms with van der Waals surface area (Å²) in [4.78, 5) is 27.8. The minimum Gasteiger partial charge on any atom is -0.480 e. The largest absolute Gasteiger partial charge is 0.480 e. The van der Waals surface area contributed by atoms with Crippen LogP contribution in [0.2, 0.25) is 0 Å². The van der Waals surface area contributed by atoms with Gasteiger partial charge in [0, 0.05) is 6.42 Å². The monoisotopic (exact) mass is 350 g/mol. The number of aromatic nitrogens is 1. The third-order valence-corrected chi connectivity index (χ3v) is 4.52. The maximum atomic E-state index is 13.7. The molecule has 0 bridgehead atoms. The highest BCUT2D eigenvalue weighted by Gasteiger charge is 2.21. The van der Waals surface area contributed by atoms with Gasteiger partial charge in [0.05, 0.1) is 11.2 Å². The molecule has 0 aliphatic carbocycles. The third-order valence-electron chi connectivity index (χ3n) is 3.53. The quantitative estimate of drug-likeness (QED) is 0.766. The van der Waals surface area contributed by atoms with E-state index in [0.29, 0.717) is 28.3 Å². The Hall–Kier alpha value is -2.28. The number of benzene rings is 1. The number of hydrogen-bond donors (Lipinski definition) is 2. The zero-order valence-electron chi connectivity index (χ0n) is 13.3. The molecule has 0 fully saturated rings. The molecule has 1 aromatic carbocycles. The van der Waals surface area contributed by atoms with Gasteiger partial charge in [-0.25, -0.2) is 14.2 Å². The zero-order chi connectivity index (χ0) is 17.5. The number of amides is 1. The second-order valence-electron chi connectivity index (χ2n) is 5.39. The van der Waals surface area contributed by atoms with Crippen LogP contribution in [0.4, 0.5) is 4.39 Å². The molecule has 0 radical (unpaired) electrons. The second kappa shape index (κ2) is 8.54. The molecule has 24 heavy (non-hydrogen) atoms. The fourth-order valence-corrected chi connectivity index (χ4v) is 3.04. The lowest BCUT2D eigenvalue weighted by Gasteiger charge is -2.12. The molecule has 0 spiro atoms. The van der Waals surface area contributed by atoms with E-state index in [2.05, 4.69) is 10.3 Å². The highest BCUT2D eigenvalue weighted by atomic mass is 32.1. The summed E-state index contributed by atoms with van der Waals surface area (Å²) in [5.74, 6) is -1.83. The van der Waals surface area contributed by atoms with Crippen LogP contribution in [0.3, 0.4) is 0 Å². The molecule has 0 saturated heterocycles. The fraction of sp³-hybridized carbons (Fsp3) is 0.353. The van der Waals surface area contributed by atoms with Crippen molar-refractivity contribution in [3.8, 4) is 0 Å². The number of carbonyl (C=O) groups excluding carboxylic acids is 1. The fourth-order valence-electron chi connectivity index (χ4n) is 2.20. The Morgan fingerprint density at radius 3 is 2.79 bits per heavy atom. The summed E-state index contributed by atoms with van der Waals surface area (Å²) in [6.45, 7) is 1.96. The number of unbranched alkanes of at least 4 members (excludes halogenated alkanes) is 1. The van der Waals surface area contributed by atoms with Crippen molar-refractivity contribution in [2.45, 2.75) is 38.6 Å². The first-order chi connectivity index (χ1) is 11.5. The van der Waals surface area contributed by atoms with Crippen molar-refractivity contribution in [3.63, 3.8) is 0 Å². The van der Waals surface area contributed by atoms with E-state index < -0.39 is 17.9 Å². The molecular formula is C17H19FN2O3S. The molecule has 7 heteroatoms. The lowest BCUT2D eigenvalue weighted by molar-refractivity contribution is -0.139. The van der Waals surface area contributed by atoms with Crippen LogP contribution < -0.4 is 5.32 Å². The first kappa shape index (κ1) is 18.1. The lowest BCUT2D eigenvalue weighted by Crippen LogP contribution is -2.40. The Balaban J connectivity index is 2.02. The van der Waals surface area contributed by atoms with Gasteiger partial charge in [0.2, 0.25) is 0 Å². The molecule has 1 atom stereocenters. The highest BCUT2D eigenvalue weighted by Crippen LogP contribution is 2.19. The van der Waals surface area contributed by atoms with Gasteiger partial charge in [0.1, 0.15) is 16.7 Å². The van der Waals surface area contributed by atoms with Gasteiger partial charge in [-0.2, -0.15) is 0 Å². The molecule has 2 aromatic rings. The molecule has 1 heterocycles. The number of thiazole rings is 1. The van der Waals surface area contributed by atoms with E-state index in [1.807, 2.05) is 6.92 Å². The number of carboxylic acid groups (broad SMARTS) is 1. The Kier molecular flexibility index (Phi) is 6.43. The van der Waals surface area contributed by atoms with Crippen LogP contribution in [0.25, 0.3) is 0 Å². The van der Waals surface area contributed by atoms with Gasteiger partial charge < -0.3 is 10.4 Å². The Labute approximate surface area is 143 Å². The number of halogens is 1. The second-order valence-corrected chi connectivity index (χ2v) is 6.51. The van der Waals surface area contributed by atoms with Gasteiger partial charge in [0.15, 0.2) is 0 Å². The van der Waals surface area contributed by atoms with Gasteiger partial charge in [0.25, 0.3) is 5.91 Å². The number of aliphatic carboxylic acids is 1. The Bertz CT molecular complexity index is 717. The van der Waals surface area contributed by atoms with E-state index in [0.717, 1.165) is 24.2 Å². The zero-order valence-corrected chi connectivity index (χ0v) is 14.1. The van der Waals surface area contributed by atoms with E-state index >= 15 is 0 Å². The summed E-state index contributed by atoms with van der Waals surface area (Å²) in [6.07, 6.45) is 3.65. The predicted molar refractivity (Wildman–Crippen MR) is 89.7 cm³/mol. The first-order valence-corrected chi connectivity index (χ1v) is 8.54. The number of hydrogen-bond acceptors (Lipinski definition) is 4. The summed E-state index contributed by atoms with van der Waals surface area (Å²) >= 11 is 1.14. The number of nitrogens with zero attached hydrogens (tertiary/aromatic N) is 1. The smallest absolute Gasteiger partial charge is 0.326 e. The van der Waals surface area contributed by atoms with Gasteiger partial charge in [-0.1, -0.05) is 38.0 Å². The molecule has 0 saturated carbocycles. The van der Waals surface area contributed by atoms with E-state index in [1.54, 1.807) is 18.2 Å². The van der Waals surface area contributed by atoms with Gasteiger partial charge >= 0.3 is 5.97 Å². The molecular weight excluding hydrogens is 331 g/mol. The van der Waals surface area contributed by atoms with Crippen LogP contribution in [0, 0.1) is 5.82 Å². The van der Waals surface area contributed by atoms with Crippen molar-refractivity contribution in [2.24, 2.45) is 0 Å². The summed E-state index contributed by atoms with van der Waals surface area (Å²) in [5, 5.41) is 12.3. The van der Waals surface area contributed by atoms with Crippen molar-refractivity contribution < 1.29 is 19.1 Å². The van der Waals surface area contributed by atoms with Crippen molar-refractivity contribution in [1.29, 1.82) is 0 Å². The summed E-state index contributed by atoms with van der Waals surface area (Å²) < 4.78 is 13.7. The average molecular weight is 350 g/mol. The van der Waals surface area contributed by atoms with Gasteiger partial charge in [-0.3, -0.25) is 4.79 Å². The van der Waals surface area contributed by atoms with Gasteiger partial charge in [-0.05, 0) is 18.1 Å². The highest BCUT2D eigenvalue weighted by molar-refractivity contribution is 7.13. The van der Waals surface area contributed by atoms with Crippen LogP contribution >= 0.6 is 11.3 Å². The predicted octanol–water partition coefficient (Wildman–Crippen LogP) is 3.25. The van der Waals surface area contributed by atoms with Crippen molar-refractivity contribution in [1.82, 2.24) is 10.3 Å². The molecule has 128 valence electrons. The minimum absolute atomic E-state index is 0.294. The maximum Gasteiger partial charge on any atom is 0.326 e. The summed E-state index contributed by atoms with van der Waals surface area (Å²) in [7, 11) is 0.